The molecule has 0 radical (unpaired) electrons. The summed E-state index contributed by atoms with van der Waals surface area (Å²) in [5.74, 6) is -0.846. The Morgan fingerprint density at radius 2 is 1.74 bits per heavy atom. The van der Waals surface area contributed by atoms with Gasteiger partial charge in [0.1, 0.15) is 5.75 Å². The van der Waals surface area contributed by atoms with Crippen LogP contribution in [0.2, 0.25) is 0 Å². The van der Waals surface area contributed by atoms with E-state index in [0.29, 0.717) is 0 Å². The number of nitrogens with zero attached hydrogens (tertiary/aromatic N) is 4. The van der Waals surface area contributed by atoms with E-state index >= 15 is 0 Å². The summed E-state index contributed by atoms with van der Waals surface area (Å²) < 4.78 is 79.6. The Labute approximate surface area is 186 Å². The molecule has 0 bridgehead atoms. The van der Waals surface area contributed by atoms with Crippen molar-refractivity contribution in [2.24, 2.45) is 0 Å². The van der Waals surface area contributed by atoms with Crippen LogP contribution >= 0.6 is 0 Å². The lowest BCUT2D eigenvalue weighted by Crippen LogP contribution is -2.25. The number of hydrogen-bond donors (Lipinski definition) is 0. The fourth-order valence-corrected chi connectivity index (χ4v) is 3.31. The monoisotopic (exact) mass is 478 g/mol. The Hall–Kier alpha value is -4.42. The molecule has 174 valence electrons. The second-order valence-electron chi connectivity index (χ2n) is 6.95. The summed E-state index contributed by atoms with van der Waals surface area (Å²) in [6.07, 6.45) is -6.03. The number of halogens is 5. The van der Waals surface area contributed by atoms with Crippen molar-refractivity contribution in [2.75, 3.05) is 0 Å². The van der Waals surface area contributed by atoms with Crippen LogP contribution in [-0.4, -0.2) is 32.2 Å². The topological polar surface area (TPSA) is 80.4 Å². The summed E-state index contributed by atoms with van der Waals surface area (Å²) in [4.78, 5) is 12.6. The molecule has 8 nitrogen and oxygen atoms in total. The zero-order chi connectivity index (χ0) is 24.1. The molecule has 5 rings (SSSR count). The van der Waals surface area contributed by atoms with Gasteiger partial charge in [0.25, 0.3) is 0 Å². The molecule has 0 saturated carbocycles. The number of aromatic nitrogens is 4. The van der Waals surface area contributed by atoms with Crippen molar-refractivity contribution in [1.82, 2.24) is 19.6 Å². The minimum absolute atomic E-state index is 0.0925. The van der Waals surface area contributed by atoms with Crippen LogP contribution in [0.15, 0.2) is 71.8 Å². The van der Waals surface area contributed by atoms with Gasteiger partial charge in [-0.15, -0.1) is 22.0 Å². The molecule has 1 aliphatic rings. The van der Waals surface area contributed by atoms with E-state index < -0.39 is 23.8 Å². The highest BCUT2D eigenvalue weighted by Crippen LogP contribution is 2.42. The van der Waals surface area contributed by atoms with E-state index in [4.69, 9.17) is 0 Å². The maximum absolute atomic E-state index is 13.3. The SMILES string of the molecule is O=c1ccn(-c2cccc(OC(F)(F)F)c2)nc1-c1ccnn1-c1ccc2c(c1)OC(F)(F)O2. The number of fused-ring (bicyclic) bond motifs is 1. The van der Waals surface area contributed by atoms with Crippen molar-refractivity contribution < 1.29 is 36.2 Å². The van der Waals surface area contributed by atoms with Crippen LogP contribution in [0.4, 0.5) is 22.0 Å². The van der Waals surface area contributed by atoms with Gasteiger partial charge in [0.2, 0.25) is 5.43 Å². The summed E-state index contributed by atoms with van der Waals surface area (Å²) in [6.45, 7) is 0. The third-order valence-corrected chi connectivity index (χ3v) is 4.64. The van der Waals surface area contributed by atoms with Crippen molar-refractivity contribution in [3.8, 4) is 40.0 Å². The average Bonchev–Trinajstić information content (AvgIpc) is 3.35. The van der Waals surface area contributed by atoms with Gasteiger partial charge in [0, 0.05) is 24.4 Å². The highest BCUT2D eigenvalue weighted by molar-refractivity contribution is 5.59. The standard InChI is InChI=1S/C21H11F5N4O4/c22-20(23,24)32-14-3-1-2-12(10-14)29-9-7-16(31)19(28-29)15-6-8-27-30(15)13-4-5-17-18(11-13)34-21(25,26)33-17/h1-11H. The van der Waals surface area contributed by atoms with Crippen LogP contribution in [0.25, 0.3) is 22.8 Å². The van der Waals surface area contributed by atoms with Crippen LogP contribution < -0.4 is 19.6 Å². The van der Waals surface area contributed by atoms with E-state index in [1.54, 1.807) is 0 Å². The van der Waals surface area contributed by atoms with E-state index in [9.17, 15) is 26.7 Å². The summed E-state index contributed by atoms with van der Waals surface area (Å²) in [7, 11) is 0. The fraction of sp³-hybridized carbons (Fsp3) is 0.0952. The van der Waals surface area contributed by atoms with Gasteiger partial charge in [0.05, 0.1) is 23.3 Å². The number of ether oxygens (including phenoxy) is 3. The highest BCUT2D eigenvalue weighted by atomic mass is 19.4. The number of rotatable bonds is 4. The zero-order valence-corrected chi connectivity index (χ0v) is 16.7. The molecule has 0 aliphatic carbocycles. The Kier molecular flexibility index (Phi) is 4.77. The number of hydrogen-bond acceptors (Lipinski definition) is 6. The largest absolute Gasteiger partial charge is 0.586 e. The van der Waals surface area contributed by atoms with E-state index in [-0.39, 0.29) is 34.3 Å². The van der Waals surface area contributed by atoms with Crippen LogP contribution in [0, 0.1) is 0 Å². The van der Waals surface area contributed by atoms with E-state index in [1.165, 1.54) is 64.2 Å². The first kappa shape index (κ1) is 21.4. The van der Waals surface area contributed by atoms with Gasteiger partial charge in [-0.1, -0.05) is 6.07 Å². The molecule has 2 aromatic carbocycles. The Balaban J connectivity index is 1.53. The number of alkyl halides is 5. The molecule has 0 fully saturated rings. The van der Waals surface area contributed by atoms with Crippen molar-refractivity contribution in [3.05, 3.63) is 77.2 Å². The molecule has 34 heavy (non-hydrogen) atoms. The zero-order valence-electron chi connectivity index (χ0n) is 16.7. The first-order valence-electron chi connectivity index (χ1n) is 9.49. The van der Waals surface area contributed by atoms with Crippen LogP contribution in [0.1, 0.15) is 0 Å². The van der Waals surface area contributed by atoms with Gasteiger partial charge in [-0.3, -0.25) is 4.79 Å². The summed E-state index contributed by atoms with van der Waals surface area (Å²) in [5.41, 5.74) is 0.0717. The van der Waals surface area contributed by atoms with E-state index in [2.05, 4.69) is 24.4 Å². The minimum atomic E-state index is -4.87. The molecular formula is C21H11F5N4O4. The van der Waals surface area contributed by atoms with Crippen LogP contribution in [0.5, 0.6) is 17.2 Å². The molecule has 0 saturated heterocycles. The molecule has 0 amide bonds. The lowest BCUT2D eigenvalue weighted by molar-refractivity contribution is -0.286. The highest BCUT2D eigenvalue weighted by Gasteiger charge is 2.43. The Morgan fingerprint density at radius 1 is 0.941 bits per heavy atom. The fourth-order valence-electron chi connectivity index (χ4n) is 3.31. The normalized spacial score (nSPS) is 14.3. The van der Waals surface area contributed by atoms with Gasteiger partial charge in [-0.05, 0) is 30.3 Å². The van der Waals surface area contributed by atoms with Crippen LogP contribution in [-0.2, 0) is 0 Å². The average molecular weight is 478 g/mol. The van der Waals surface area contributed by atoms with Crippen molar-refractivity contribution in [1.29, 1.82) is 0 Å². The Morgan fingerprint density at radius 3 is 2.53 bits per heavy atom. The summed E-state index contributed by atoms with van der Waals surface area (Å²) in [6, 6.07) is 11.6. The first-order chi connectivity index (χ1) is 16.1. The quantitative estimate of drug-likeness (QED) is 0.407. The maximum atomic E-state index is 13.3. The van der Waals surface area contributed by atoms with Gasteiger partial charge in [0.15, 0.2) is 17.2 Å². The second-order valence-corrected chi connectivity index (χ2v) is 6.95. The van der Waals surface area contributed by atoms with Crippen molar-refractivity contribution in [3.63, 3.8) is 0 Å². The lowest BCUT2D eigenvalue weighted by atomic mass is 10.2. The van der Waals surface area contributed by atoms with Gasteiger partial charge >= 0.3 is 12.7 Å². The predicted octanol–water partition coefficient (Wildman–Crippen LogP) is 4.31. The Bertz CT molecular complexity index is 1450. The number of benzene rings is 2. The minimum Gasteiger partial charge on any atom is -0.406 e. The lowest BCUT2D eigenvalue weighted by Gasteiger charge is -2.12. The third-order valence-electron chi connectivity index (χ3n) is 4.64. The van der Waals surface area contributed by atoms with Gasteiger partial charge < -0.3 is 14.2 Å². The maximum Gasteiger partial charge on any atom is 0.586 e. The van der Waals surface area contributed by atoms with Crippen molar-refractivity contribution >= 4 is 0 Å². The third kappa shape index (κ3) is 4.14. The predicted molar refractivity (Wildman–Crippen MR) is 105 cm³/mol. The second kappa shape index (κ2) is 7.57. The molecule has 3 heterocycles. The van der Waals surface area contributed by atoms with Crippen molar-refractivity contribution in [2.45, 2.75) is 12.7 Å². The molecule has 13 heteroatoms. The van der Waals surface area contributed by atoms with Gasteiger partial charge in [-0.2, -0.15) is 10.2 Å². The molecule has 0 atom stereocenters. The molecule has 1 aliphatic heterocycles. The van der Waals surface area contributed by atoms with Gasteiger partial charge in [-0.25, -0.2) is 9.36 Å². The van der Waals surface area contributed by atoms with E-state index in [1.807, 2.05) is 0 Å². The summed E-state index contributed by atoms with van der Waals surface area (Å²) in [5, 5.41) is 8.36. The molecule has 4 aromatic rings. The van der Waals surface area contributed by atoms with Crippen LogP contribution in [0.3, 0.4) is 0 Å². The van der Waals surface area contributed by atoms with E-state index in [0.717, 1.165) is 12.1 Å². The molecule has 2 aromatic heterocycles. The summed E-state index contributed by atoms with van der Waals surface area (Å²) >= 11 is 0. The smallest absolute Gasteiger partial charge is 0.406 e. The molecule has 0 spiro atoms. The molecular weight excluding hydrogens is 467 g/mol. The first-order valence-corrected chi connectivity index (χ1v) is 9.49. The molecule has 0 N–H and O–H groups in total. The molecule has 0 unspecified atom stereocenters.